The molecular weight excluding hydrogens is 318 g/mol. The van der Waals surface area contributed by atoms with E-state index in [-0.39, 0.29) is 17.7 Å². The van der Waals surface area contributed by atoms with Crippen LogP contribution in [-0.2, 0) is 9.59 Å². The first-order valence-electron chi connectivity index (χ1n) is 8.12. The Morgan fingerprint density at radius 3 is 2.28 bits per heavy atom. The van der Waals surface area contributed by atoms with Gasteiger partial charge in [-0.15, -0.1) is 0 Å². The molecule has 1 fully saturated rings. The minimum absolute atomic E-state index is 0.0890. The highest BCUT2D eigenvalue weighted by Gasteiger charge is 2.22. The molecule has 2 aromatic carbocycles. The van der Waals surface area contributed by atoms with Gasteiger partial charge in [0.15, 0.2) is 0 Å². The van der Waals surface area contributed by atoms with Crippen molar-refractivity contribution in [2.45, 2.75) is 19.8 Å². The number of carbonyl (C=O) groups is 3. The van der Waals surface area contributed by atoms with Gasteiger partial charge in [-0.2, -0.15) is 0 Å². The van der Waals surface area contributed by atoms with Crippen LogP contribution in [0.1, 0.15) is 30.1 Å². The number of hydrogen-bond donors (Lipinski definition) is 2. The first-order valence-corrected chi connectivity index (χ1v) is 8.12. The van der Waals surface area contributed by atoms with Crippen LogP contribution in [-0.4, -0.2) is 24.3 Å². The van der Waals surface area contributed by atoms with Crippen LogP contribution < -0.4 is 15.5 Å². The molecule has 0 saturated carbocycles. The summed E-state index contributed by atoms with van der Waals surface area (Å²) >= 11 is 0. The average Bonchev–Trinajstić information content (AvgIpc) is 3.02. The van der Waals surface area contributed by atoms with E-state index in [1.165, 1.54) is 6.92 Å². The van der Waals surface area contributed by atoms with Gasteiger partial charge in [0.05, 0.1) is 0 Å². The summed E-state index contributed by atoms with van der Waals surface area (Å²) in [7, 11) is 0. The Balaban J connectivity index is 1.71. The molecule has 3 rings (SSSR count). The second-order valence-electron chi connectivity index (χ2n) is 5.91. The minimum atomic E-state index is -0.249. The highest BCUT2D eigenvalue weighted by Crippen LogP contribution is 2.23. The normalized spacial score (nSPS) is 13.6. The Hall–Kier alpha value is -3.15. The number of nitrogens with zero attached hydrogens (tertiary/aromatic N) is 1. The van der Waals surface area contributed by atoms with E-state index in [1.807, 2.05) is 6.07 Å². The van der Waals surface area contributed by atoms with E-state index in [0.29, 0.717) is 29.9 Å². The van der Waals surface area contributed by atoms with Crippen molar-refractivity contribution in [2.75, 3.05) is 22.1 Å². The molecule has 1 saturated heterocycles. The van der Waals surface area contributed by atoms with Crippen LogP contribution in [0.15, 0.2) is 48.5 Å². The number of benzene rings is 2. The van der Waals surface area contributed by atoms with Crippen LogP contribution in [0.4, 0.5) is 17.1 Å². The van der Waals surface area contributed by atoms with Crippen molar-refractivity contribution in [3.05, 3.63) is 54.1 Å². The number of rotatable bonds is 4. The third kappa shape index (κ3) is 4.03. The Bertz CT molecular complexity index is 815. The standard InChI is InChI=1S/C19H19N3O3/c1-13(23)20-15-7-9-16(10-8-15)21-19(25)14-4-2-5-17(12-14)22-11-3-6-18(22)24/h2,4-5,7-10,12H,3,6,11H2,1H3,(H,20,23)(H,21,25). The van der Waals surface area contributed by atoms with Crippen LogP contribution in [0.25, 0.3) is 0 Å². The molecule has 6 heteroatoms. The molecule has 2 aromatic rings. The molecule has 2 N–H and O–H groups in total. The maximum absolute atomic E-state index is 12.4. The molecule has 3 amide bonds. The van der Waals surface area contributed by atoms with Crippen LogP contribution >= 0.6 is 0 Å². The summed E-state index contributed by atoms with van der Waals surface area (Å²) in [4.78, 5) is 37.0. The van der Waals surface area contributed by atoms with Gasteiger partial charge in [-0.25, -0.2) is 0 Å². The van der Waals surface area contributed by atoms with Gasteiger partial charge < -0.3 is 15.5 Å². The molecule has 0 bridgehead atoms. The third-order valence-electron chi connectivity index (χ3n) is 3.96. The van der Waals surface area contributed by atoms with Gasteiger partial charge in [0, 0.05) is 42.5 Å². The molecule has 6 nitrogen and oxygen atoms in total. The van der Waals surface area contributed by atoms with Crippen LogP contribution in [0.3, 0.4) is 0 Å². The summed E-state index contributed by atoms with van der Waals surface area (Å²) < 4.78 is 0. The van der Waals surface area contributed by atoms with E-state index in [1.54, 1.807) is 47.4 Å². The van der Waals surface area contributed by atoms with Gasteiger partial charge in [0.2, 0.25) is 11.8 Å². The van der Waals surface area contributed by atoms with E-state index >= 15 is 0 Å². The van der Waals surface area contributed by atoms with E-state index in [0.717, 1.165) is 12.1 Å². The van der Waals surface area contributed by atoms with Crippen molar-refractivity contribution in [1.29, 1.82) is 0 Å². The predicted molar refractivity (Wildman–Crippen MR) is 96.7 cm³/mol. The second kappa shape index (κ2) is 7.17. The number of anilines is 3. The Kier molecular flexibility index (Phi) is 4.79. The monoisotopic (exact) mass is 337 g/mol. The fourth-order valence-electron chi connectivity index (χ4n) is 2.78. The summed E-state index contributed by atoms with van der Waals surface area (Å²) in [5, 5.41) is 5.48. The lowest BCUT2D eigenvalue weighted by molar-refractivity contribution is -0.117. The van der Waals surface area contributed by atoms with E-state index in [9.17, 15) is 14.4 Å². The largest absolute Gasteiger partial charge is 0.326 e. The number of amides is 3. The van der Waals surface area contributed by atoms with Crippen molar-refractivity contribution >= 4 is 34.8 Å². The van der Waals surface area contributed by atoms with Crippen LogP contribution in [0.5, 0.6) is 0 Å². The topological polar surface area (TPSA) is 78.5 Å². The number of hydrogen-bond acceptors (Lipinski definition) is 3. The first-order chi connectivity index (χ1) is 12.0. The molecule has 1 aliphatic heterocycles. The summed E-state index contributed by atoms with van der Waals surface area (Å²) in [6.07, 6.45) is 1.40. The van der Waals surface area contributed by atoms with Crippen molar-refractivity contribution in [2.24, 2.45) is 0 Å². The molecule has 0 spiro atoms. The molecule has 0 atom stereocenters. The molecule has 0 unspecified atom stereocenters. The van der Waals surface area contributed by atoms with Crippen molar-refractivity contribution in [3.63, 3.8) is 0 Å². The van der Waals surface area contributed by atoms with Crippen molar-refractivity contribution in [3.8, 4) is 0 Å². The maximum Gasteiger partial charge on any atom is 0.255 e. The van der Waals surface area contributed by atoms with E-state index < -0.39 is 0 Å². The molecule has 0 aromatic heterocycles. The molecule has 0 aliphatic carbocycles. The maximum atomic E-state index is 12.4. The zero-order chi connectivity index (χ0) is 17.8. The Labute approximate surface area is 145 Å². The smallest absolute Gasteiger partial charge is 0.255 e. The average molecular weight is 337 g/mol. The molecular formula is C19H19N3O3. The van der Waals surface area contributed by atoms with Gasteiger partial charge in [0.1, 0.15) is 0 Å². The SMILES string of the molecule is CC(=O)Nc1ccc(NC(=O)c2cccc(N3CCCC3=O)c2)cc1. The van der Waals surface area contributed by atoms with Gasteiger partial charge in [-0.3, -0.25) is 14.4 Å². The highest BCUT2D eigenvalue weighted by molar-refractivity contribution is 6.05. The van der Waals surface area contributed by atoms with Gasteiger partial charge in [0.25, 0.3) is 5.91 Å². The summed E-state index contributed by atoms with van der Waals surface area (Å²) in [6.45, 7) is 2.13. The van der Waals surface area contributed by atoms with E-state index in [4.69, 9.17) is 0 Å². The molecule has 128 valence electrons. The lowest BCUT2D eigenvalue weighted by atomic mass is 10.1. The zero-order valence-corrected chi connectivity index (χ0v) is 13.9. The Morgan fingerprint density at radius 1 is 1.00 bits per heavy atom. The third-order valence-corrected chi connectivity index (χ3v) is 3.96. The second-order valence-corrected chi connectivity index (χ2v) is 5.91. The van der Waals surface area contributed by atoms with Gasteiger partial charge >= 0.3 is 0 Å². The summed E-state index contributed by atoms with van der Waals surface area (Å²) in [6, 6.07) is 13.9. The molecule has 0 radical (unpaired) electrons. The van der Waals surface area contributed by atoms with E-state index in [2.05, 4.69) is 10.6 Å². The van der Waals surface area contributed by atoms with Gasteiger partial charge in [-0.05, 0) is 48.9 Å². The minimum Gasteiger partial charge on any atom is -0.326 e. The number of carbonyl (C=O) groups excluding carboxylic acids is 3. The summed E-state index contributed by atoms with van der Waals surface area (Å²) in [5.74, 6) is -0.308. The van der Waals surface area contributed by atoms with Crippen molar-refractivity contribution in [1.82, 2.24) is 0 Å². The lowest BCUT2D eigenvalue weighted by Gasteiger charge is -2.16. The van der Waals surface area contributed by atoms with Crippen LogP contribution in [0.2, 0.25) is 0 Å². The fraction of sp³-hybridized carbons (Fsp3) is 0.211. The fourth-order valence-corrected chi connectivity index (χ4v) is 2.78. The van der Waals surface area contributed by atoms with Crippen LogP contribution in [0, 0.1) is 0 Å². The molecule has 1 heterocycles. The zero-order valence-electron chi connectivity index (χ0n) is 13.9. The predicted octanol–water partition coefficient (Wildman–Crippen LogP) is 3.02. The number of nitrogens with one attached hydrogen (secondary N) is 2. The Morgan fingerprint density at radius 2 is 1.68 bits per heavy atom. The molecule has 1 aliphatic rings. The lowest BCUT2D eigenvalue weighted by Crippen LogP contribution is -2.24. The quantitative estimate of drug-likeness (QED) is 0.900. The van der Waals surface area contributed by atoms with Gasteiger partial charge in [-0.1, -0.05) is 6.07 Å². The van der Waals surface area contributed by atoms with Crippen molar-refractivity contribution < 1.29 is 14.4 Å². The highest BCUT2D eigenvalue weighted by atomic mass is 16.2. The summed E-state index contributed by atoms with van der Waals surface area (Å²) in [5.41, 5.74) is 2.53. The first kappa shape index (κ1) is 16.7. The molecule has 25 heavy (non-hydrogen) atoms.